The zero-order valence-corrected chi connectivity index (χ0v) is 17.8. The molecule has 0 radical (unpaired) electrons. The molecule has 0 aliphatic rings. The van der Waals surface area contributed by atoms with Gasteiger partial charge in [-0.15, -0.1) is 0 Å². The Balaban J connectivity index is 1.77. The number of benzene rings is 2. The zero-order chi connectivity index (χ0) is 19.6. The van der Waals surface area contributed by atoms with E-state index in [1.807, 2.05) is 37.3 Å². The number of carbonyl (C=O) groups is 1. The molecule has 0 atom stereocenters. The van der Waals surface area contributed by atoms with Gasteiger partial charge in [0.2, 0.25) is 0 Å². The molecule has 0 heterocycles. The van der Waals surface area contributed by atoms with Gasteiger partial charge in [0.1, 0.15) is 0 Å². The predicted octanol–water partition coefficient (Wildman–Crippen LogP) is 5.04. The molecule has 27 heavy (non-hydrogen) atoms. The zero-order valence-electron chi connectivity index (χ0n) is 15.4. The Labute approximate surface area is 175 Å². The molecule has 2 aromatic carbocycles. The molecule has 4 nitrogen and oxygen atoms in total. The fourth-order valence-electron chi connectivity index (χ4n) is 2.30. The monoisotopic (exact) mass is 422 g/mol. The smallest absolute Gasteiger partial charge is 0.338 e. The van der Waals surface area contributed by atoms with E-state index in [0.717, 1.165) is 39.9 Å². The number of rotatable bonds is 8. The Morgan fingerprint density at radius 1 is 1.26 bits per heavy atom. The van der Waals surface area contributed by atoms with Crippen molar-refractivity contribution in [3.05, 3.63) is 64.2 Å². The summed E-state index contributed by atoms with van der Waals surface area (Å²) in [6.45, 7) is 4.83. The van der Waals surface area contributed by atoms with Crippen LogP contribution in [-0.4, -0.2) is 30.0 Å². The van der Waals surface area contributed by atoms with Crippen molar-refractivity contribution >= 4 is 52.3 Å². The molecular weight excluding hydrogens is 400 g/mol. The molecule has 2 aromatic rings. The summed E-state index contributed by atoms with van der Waals surface area (Å²) in [4.78, 5) is 11.9. The van der Waals surface area contributed by atoms with Crippen molar-refractivity contribution in [3.63, 3.8) is 0 Å². The minimum absolute atomic E-state index is 0.338. The largest absolute Gasteiger partial charge is 0.462 e. The van der Waals surface area contributed by atoms with Gasteiger partial charge >= 0.3 is 5.97 Å². The molecule has 0 saturated heterocycles. The third-order valence-electron chi connectivity index (χ3n) is 3.74. The Hall–Kier alpha value is -1.76. The lowest BCUT2D eigenvalue weighted by molar-refractivity contribution is 0.0526. The highest BCUT2D eigenvalue weighted by atomic mass is 35.5. The van der Waals surface area contributed by atoms with Crippen LogP contribution in [0.25, 0.3) is 0 Å². The van der Waals surface area contributed by atoms with Crippen LogP contribution in [0.3, 0.4) is 0 Å². The van der Waals surface area contributed by atoms with Crippen LogP contribution in [0, 0.1) is 6.92 Å². The topological polar surface area (TPSA) is 50.4 Å². The number of anilines is 1. The fraction of sp³-hybridized carbons (Fsp3) is 0.300. The lowest BCUT2D eigenvalue weighted by Crippen LogP contribution is -2.30. The van der Waals surface area contributed by atoms with Crippen molar-refractivity contribution in [1.82, 2.24) is 5.32 Å². The molecule has 0 aliphatic carbocycles. The maximum absolute atomic E-state index is 11.9. The van der Waals surface area contributed by atoms with E-state index in [9.17, 15) is 4.79 Å². The van der Waals surface area contributed by atoms with Gasteiger partial charge in [-0.25, -0.2) is 4.79 Å². The van der Waals surface area contributed by atoms with E-state index in [1.165, 1.54) is 0 Å². The third kappa shape index (κ3) is 7.05. The number of hydrogen-bond acceptors (Lipinski definition) is 4. The molecule has 0 aromatic heterocycles. The summed E-state index contributed by atoms with van der Waals surface area (Å²) in [5.74, 6) is 1.42. The van der Waals surface area contributed by atoms with E-state index in [0.29, 0.717) is 17.3 Å². The molecule has 0 unspecified atom stereocenters. The minimum atomic E-state index is -0.338. The molecular formula is C20H23ClN2O2S2. The Bertz CT molecular complexity index is 799. The number of nitrogens with one attached hydrogen (secondary N) is 2. The molecule has 0 fully saturated rings. The molecule has 2 N–H and O–H groups in total. The Kier molecular flexibility index (Phi) is 8.91. The Morgan fingerprint density at radius 2 is 2.04 bits per heavy atom. The second-order valence-electron chi connectivity index (χ2n) is 5.78. The molecule has 7 heteroatoms. The number of carbonyl (C=O) groups excluding carboxylic acids is 1. The van der Waals surface area contributed by atoms with E-state index < -0.39 is 0 Å². The van der Waals surface area contributed by atoms with Gasteiger partial charge in [0.15, 0.2) is 5.11 Å². The minimum Gasteiger partial charge on any atom is -0.462 e. The summed E-state index contributed by atoms with van der Waals surface area (Å²) < 4.78 is 5.04. The first-order valence-corrected chi connectivity index (χ1v) is 10.6. The van der Waals surface area contributed by atoms with E-state index >= 15 is 0 Å². The van der Waals surface area contributed by atoms with Crippen molar-refractivity contribution in [2.75, 3.05) is 24.2 Å². The van der Waals surface area contributed by atoms with Gasteiger partial charge in [0.25, 0.3) is 0 Å². The van der Waals surface area contributed by atoms with E-state index in [-0.39, 0.29) is 5.97 Å². The number of halogens is 1. The molecule has 0 aliphatic heterocycles. The quantitative estimate of drug-likeness (QED) is 0.353. The van der Waals surface area contributed by atoms with Gasteiger partial charge in [-0.3, -0.25) is 0 Å². The maximum Gasteiger partial charge on any atom is 0.338 e. The highest BCUT2D eigenvalue weighted by Gasteiger charge is 2.09. The van der Waals surface area contributed by atoms with Gasteiger partial charge in [0, 0.05) is 28.8 Å². The highest BCUT2D eigenvalue weighted by Crippen LogP contribution is 2.20. The first-order chi connectivity index (χ1) is 13.0. The highest BCUT2D eigenvalue weighted by molar-refractivity contribution is 7.98. The summed E-state index contributed by atoms with van der Waals surface area (Å²) in [6, 6.07) is 13.2. The number of hydrogen-bond donors (Lipinski definition) is 2. The summed E-state index contributed by atoms with van der Waals surface area (Å²) >= 11 is 13.3. The fourth-order valence-corrected chi connectivity index (χ4v) is 3.66. The van der Waals surface area contributed by atoms with Gasteiger partial charge in [-0.1, -0.05) is 35.9 Å². The predicted molar refractivity (Wildman–Crippen MR) is 119 cm³/mol. The molecule has 144 valence electrons. The van der Waals surface area contributed by atoms with Crippen LogP contribution < -0.4 is 10.6 Å². The standard InChI is InChI=1S/C20H23ClN2O2S2/c1-3-25-19(24)15-9-8-14(2)18(12-15)23-20(26)22-10-11-27-13-16-6-4-5-7-17(16)21/h4-9,12H,3,10-11,13H2,1-2H3,(H2,22,23,26). The lowest BCUT2D eigenvalue weighted by Gasteiger charge is -2.13. The second-order valence-corrected chi connectivity index (χ2v) is 7.70. The third-order valence-corrected chi connectivity index (χ3v) is 5.37. The summed E-state index contributed by atoms with van der Waals surface area (Å²) in [6.07, 6.45) is 0. The maximum atomic E-state index is 11.9. The van der Waals surface area contributed by atoms with Crippen LogP contribution in [0.4, 0.5) is 5.69 Å². The van der Waals surface area contributed by atoms with Crippen LogP contribution in [0.5, 0.6) is 0 Å². The summed E-state index contributed by atoms with van der Waals surface area (Å²) in [7, 11) is 0. The van der Waals surface area contributed by atoms with Crippen molar-refractivity contribution in [2.45, 2.75) is 19.6 Å². The van der Waals surface area contributed by atoms with Crippen LogP contribution in [0.15, 0.2) is 42.5 Å². The number of thioether (sulfide) groups is 1. The Morgan fingerprint density at radius 3 is 2.78 bits per heavy atom. The van der Waals surface area contributed by atoms with Crippen molar-refractivity contribution in [3.8, 4) is 0 Å². The SMILES string of the molecule is CCOC(=O)c1ccc(C)c(NC(=S)NCCSCc2ccccc2Cl)c1. The first-order valence-electron chi connectivity index (χ1n) is 8.65. The molecule has 0 bridgehead atoms. The van der Waals surface area contributed by atoms with Gasteiger partial charge in [-0.05, 0) is 55.4 Å². The van der Waals surface area contributed by atoms with Crippen LogP contribution >= 0.6 is 35.6 Å². The average molecular weight is 423 g/mol. The van der Waals surface area contributed by atoms with Gasteiger partial charge in [0.05, 0.1) is 12.2 Å². The van der Waals surface area contributed by atoms with Crippen LogP contribution in [0.2, 0.25) is 5.02 Å². The van der Waals surface area contributed by atoms with Gasteiger partial charge < -0.3 is 15.4 Å². The summed E-state index contributed by atoms with van der Waals surface area (Å²) in [5, 5.41) is 7.65. The van der Waals surface area contributed by atoms with E-state index in [2.05, 4.69) is 10.6 Å². The van der Waals surface area contributed by atoms with Gasteiger partial charge in [-0.2, -0.15) is 11.8 Å². The molecule has 2 rings (SSSR count). The van der Waals surface area contributed by atoms with Crippen molar-refractivity contribution in [2.24, 2.45) is 0 Å². The number of esters is 1. The molecule has 0 saturated carbocycles. The van der Waals surface area contributed by atoms with E-state index in [1.54, 1.807) is 30.8 Å². The number of aryl methyl sites for hydroxylation is 1. The number of thiocarbonyl (C=S) groups is 1. The normalized spacial score (nSPS) is 10.3. The summed E-state index contributed by atoms with van der Waals surface area (Å²) in [5.41, 5.74) is 3.43. The first kappa shape index (κ1) is 21.5. The van der Waals surface area contributed by atoms with Crippen molar-refractivity contribution in [1.29, 1.82) is 0 Å². The van der Waals surface area contributed by atoms with Crippen LogP contribution in [0.1, 0.15) is 28.4 Å². The van der Waals surface area contributed by atoms with E-state index in [4.69, 9.17) is 28.6 Å². The molecule has 0 amide bonds. The van der Waals surface area contributed by atoms with Crippen LogP contribution in [-0.2, 0) is 10.5 Å². The average Bonchev–Trinajstić information content (AvgIpc) is 2.65. The lowest BCUT2D eigenvalue weighted by atomic mass is 10.1. The molecule has 0 spiro atoms. The second kappa shape index (κ2) is 11.2. The number of ether oxygens (including phenoxy) is 1. The van der Waals surface area contributed by atoms with Crippen molar-refractivity contribution < 1.29 is 9.53 Å².